The summed E-state index contributed by atoms with van der Waals surface area (Å²) in [5.41, 5.74) is -1.18. The third kappa shape index (κ3) is 3.89. The fourth-order valence-corrected chi connectivity index (χ4v) is 2.72. The number of anilines is 1. The second-order valence-electron chi connectivity index (χ2n) is 5.42. The second kappa shape index (κ2) is 7.69. The van der Waals surface area contributed by atoms with E-state index < -0.39 is 17.2 Å². The number of nitrogens with zero attached hydrogens (tertiary/aromatic N) is 1. The number of hydrogen-bond acceptors (Lipinski definition) is 4. The first-order chi connectivity index (χ1) is 12.9. The minimum absolute atomic E-state index is 0.246. The molecule has 0 spiro atoms. The summed E-state index contributed by atoms with van der Waals surface area (Å²) in [6, 6.07) is 10.8. The van der Waals surface area contributed by atoms with Gasteiger partial charge in [0.05, 0.1) is 23.5 Å². The highest BCUT2D eigenvalue weighted by molar-refractivity contribution is 6.35. The molecule has 3 aromatic rings. The van der Waals surface area contributed by atoms with Gasteiger partial charge in [-0.05, 0) is 42.5 Å². The van der Waals surface area contributed by atoms with E-state index >= 15 is 0 Å². The Morgan fingerprint density at radius 3 is 2.48 bits per heavy atom. The Morgan fingerprint density at radius 1 is 1.11 bits per heavy atom. The highest BCUT2D eigenvalue weighted by Crippen LogP contribution is 2.25. The molecule has 27 heavy (non-hydrogen) atoms. The Labute approximate surface area is 163 Å². The Kier molecular flexibility index (Phi) is 5.34. The van der Waals surface area contributed by atoms with Crippen molar-refractivity contribution in [1.29, 1.82) is 0 Å². The lowest BCUT2D eigenvalue weighted by Crippen LogP contribution is -2.38. The zero-order valence-electron chi connectivity index (χ0n) is 14.0. The predicted octanol–water partition coefficient (Wildman–Crippen LogP) is 3.09. The Morgan fingerprint density at radius 2 is 1.81 bits per heavy atom. The van der Waals surface area contributed by atoms with Gasteiger partial charge in [0.1, 0.15) is 11.3 Å². The zero-order valence-corrected chi connectivity index (χ0v) is 15.5. The molecular formula is C18H13Cl2N3O4. The molecule has 3 rings (SSSR count). The summed E-state index contributed by atoms with van der Waals surface area (Å²) in [5, 5.41) is 3.14. The van der Waals surface area contributed by atoms with E-state index in [2.05, 4.69) is 10.3 Å². The second-order valence-corrected chi connectivity index (χ2v) is 6.27. The number of amides is 1. The minimum atomic E-state index is -0.778. The number of methoxy groups -OCH3 is 1. The molecule has 0 saturated carbocycles. The predicted molar refractivity (Wildman–Crippen MR) is 104 cm³/mol. The number of benzene rings is 2. The number of H-pyrrole nitrogens is 1. The average Bonchev–Trinajstić information content (AvgIpc) is 2.65. The van der Waals surface area contributed by atoms with Gasteiger partial charge >= 0.3 is 5.69 Å². The fraction of sp³-hybridized carbons (Fsp3) is 0.0556. The van der Waals surface area contributed by atoms with Crippen LogP contribution in [0.1, 0.15) is 10.4 Å². The van der Waals surface area contributed by atoms with Crippen molar-refractivity contribution >= 4 is 34.8 Å². The maximum Gasteiger partial charge on any atom is 0.333 e. The van der Waals surface area contributed by atoms with Crippen molar-refractivity contribution < 1.29 is 9.53 Å². The number of ether oxygens (including phenoxy) is 1. The molecular weight excluding hydrogens is 393 g/mol. The summed E-state index contributed by atoms with van der Waals surface area (Å²) < 4.78 is 5.91. The topological polar surface area (TPSA) is 93.2 Å². The molecule has 0 aliphatic carbocycles. The molecule has 2 N–H and O–H groups in total. The Hall–Kier alpha value is -3.03. The molecule has 138 valence electrons. The number of aromatic amines is 1. The normalized spacial score (nSPS) is 10.5. The monoisotopic (exact) mass is 405 g/mol. The van der Waals surface area contributed by atoms with Crippen LogP contribution >= 0.6 is 23.2 Å². The molecule has 0 radical (unpaired) electrons. The van der Waals surface area contributed by atoms with E-state index in [-0.39, 0.29) is 22.0 Å². The van der Waals surface area contributed by atoms with Crippen molar-refractivity contribution in [2.24, 2.45) is 0 Å². The largest absolute Gasteiger partial charge is 0.497 e. The summed E-state index contributed by atoms with van der Waals surface area (Å²) in [6.45, 7) is 0. The fourth-order valence-electron chi connectivity index (χ4n) is 2.38. The van der Waals surface area contributed by atoms with E-state index in [1.165, 1.54) is 31.4 Å². The van der Waals surface area contributed by atoms with Crippen molar-refractivity contribution in [3.63, 3.8) is 0 Å². The molecule has 0 aliphatic heterocycles. The van der Waals surface area contributed by atoms with Gasteiger partial charge in [-0.2, -0.15) is 0 Å². The first-order valence-electron chi connectivity index (χ1n) is 7.66. The van der Waals surface area contributed by atoms with E-state index in [1.807, 2.05) is 0 Å². The first-order valence-corrected chi connectivity index (χ1v) is 8.42. The summed E-state index contributed by atoms with van der Waals surface area (Å²) >= 11 is 11.9. The summed E-state index contributed by atoms with van der Waals surface area (Å²) in [4.78, 5) is 39.8. The third-order valence-electron chi connectivity index (χ3n) is 3.73. The molecule has 1 heterocycles. The molecule has 2 aromatic carbocycles. The van der Waals surface area contributed by atoms with Crippen LogP contribution in [0, 0.1) is 0 Å². The lowest BCUT2D eigenvalue weighted by atomic mass is 10.2. The highest BCUT2D eigenvalue weighted by atomic mass is 35.5. The molecule has 1 amide bonds. The van der Waals surface area contributed by atoms with Gasteiger partial charge in [-0.1, -0.05) is 23.2 Å². The van der Waals surface area contributed by atoms with Crippen molar-refractivity contribution in [2.45, 2.75) is 0 Å². The number of aromatic nitrogens is 2. The molecule has 0 unspecified atom stereocenters. The van der Waals surface area contributed by atoms with Gasteiger partial charge < -0.3 is 15.0 Å². The highest BCUT2D eigenvalue weighted by Gasteiger charge is 2.17. The summed E-state index contributed by atoms with van der Waals surface area (Å²) in [6.07, 6.45) is 1.05. The van der Waals surface area contributed by atoms with E-state index in [1.54, 1.807) is 18.2 Å². The Bertz CT molecular complexity index is 1120. The molecule has 7 nitrogen and oxygen atoms in total. The van der Waals surface area contributed by atoms with E-state index in [0.717, 1.165) is 10.8 Å². The maximum atomic E-state index is 12.7. The quantitative estimate of drug-likeness (QED) is 0.697. The van der Waals surface area contributed by atoms with Crippen LogP contribution in [0.15, 0.2) is 58.3 Å². The van der Waals surface area contributed by atoms with Gasteiger partial charge in [0.15, 0.2) is 0 Å². The third-order valence-corrected chi connectivity index (χ3v) is 4.29. The van der Waals surface area contributed by atoms with Crippen LogP contribution in [-0.2, 0) is 0 Å². The first kappa shape index (κ1) is 18.8. The molecule has 0 saturated heterocycles. The molecule has 0 fully saturated rings. The van der Waals surface area contributed by atoms with Crippen LogP contribution < -0.4 is 21.3 Å². The average molecular weight is 406 g/mol. The number of nitrogens with one attached hydrogen (secondary N) is 2. The minimum Gasteiger partial charge on any atom is -0.497 e. The Balaban J connectivity index is 2.02. The maximum absolute atomic E-state index is 12.7. The van der Waals surface area contributed by atoms with Gasteiger partial charge in [-0.15, -0.1) is 0 Å². The lowest BCUT2D eigenvalue weighted by molar-refractivity contribution is 0.102. The van der Waals surface area contributed by atoms with E-state index in [0.29, 0.717) is 10.8 Å². The smallest absolute Gasteiger partial charge is 0.333 e. The SMILES string of the molecule is COc1ccc(-n2c(=O)[nH]cc(C(=O)Nc3cc(Cl)ccc3Cl)c2=O)cc1. The van der Waals surface area contributed by atoms with Crippen LogP contribution in [-0.4, -0.2) is 22.6 Å². The number of hydrogen-bond donors (Lipinski definition) is 2. The van der Waals surface area contributed by atoms with E-state index in [4.69, 9.17) is 27.9 Å². The molecule has 0 atom stereocenters. The van der Waals surface area contributed by atoms with Gasteiger partial charge in [-0.25, -0.2) is 9.36 Å². The molecule has 0 aliphatic rings. The number of rotatable bonds is 4. The van der Waals surface area contributed by atoms with Gasteiger partial charge in [0.2, 0.25) is 0 Å². The number of halogens is 2. The van der Waals surface area contributed by atoms with Crippen LogP contribution in [0.5, 0.6) is 5.75 Å². The molecule has 1 aromatic heterocycles. The van der Waals surface area contributed by atoms with Gasteiger partial charge in [0.25, 0.3) is 11.5 Å². The summed E-state index contributed by atoms with van der Waals surface area (Å²) in [7, 11) is 1.50. The van der Waals surface area contributed by atoms with Crippen LogP contribution in [0.25, 0.3) is 5.69 Å². The standard InChI is InChI=1S/C18H13Cl2N3O4/c1-27-12-5-3-11(4-6-12)23-17(25)13(9-21-18(23)26)16(24)22-15-8-10(19)2-7-14(15)20/h2-9H,1H3,(H,21,26)(H,22,24). The lowest BCUT2D eigenvalue weighted by Gasteiger charge is -2.10. The van der Waals surface area contributed by atoms with Crippen molar-refractivity contribution in [2.75, 3.05) is 12.4 Å². The number of carbonyl (C=O) groups excluding carboxylic acids is 1. The van der Waals surface area contributed by atoms with Crippen LogP contribution in [0.3, 0.4) is 0 Å². The molecule has 0 bridgehead atoms. The van der Waals surface area contributed by atoms with Crippen molar-refractivity contribution in [3.05, 3.63) is 85.1 Å². The number of carbonyl (C=O) groups is 1. The van der Waals surface area contributed by atoms with E-state index in [9.17, 15) is 14.4 Å². The van der Waals surface area contributed by atoms with Gasteiger partial charge in [-0.3, -0.25) is 9.59 Å². The van der Waals surface area contributed by atoms with Crippen molar-refractivity contribution in [3.8, 4) is 11.4 Å². The molecule has 9 heteroatoms. The van der Waals surface area contributed by atoms with Gasteiger partial charge in [0, 0.05) is 11.2 Å². The van der Waals surface area contributed by atoms with Crippen molar-refractivity contribution in [1.82, 2.24) is 9.55 Å². The van der Waals surface area contributed by atoms with Crippen LogP contribution in [0.4, 0.5) is 5.69 Å². The summed E-state index contributed by atoms with van der Waals surface area (Å²) in [5.74, 6) is -0.171. The van der Waals surface area contributed by atoms with Crippen LogP contribution in [0.2, 0.25) is 10.0 Å². The zero-order chi connectivity index (χ0) is 19.6.